The van der Waals surface area contributed by atoms with Gasteiger partial charge in [-0.1, -0.05) is 30.4 Å². The van der Waals surface area contributed by atoms with Crippen LogP contribution < -0.4 is 14.8 Å². The molecule has 2 atom stereocenters. The second-order valence-electron chi connectivity index (χ2n) is 7.71. The predicted molar refractivity (Wildman–Crippen MR) is 136 cm³/mol. The van der Waals surface area contributed by atoms with Gasteiger partial charge in [0, 0.05) is 36.0 Å². The number of fused-ring (bicyclic) bond motifs is 1. The number of amides is 1. The first-order valence-corrected chi connectivity index (χ1v) is 13.2. The van der Waals surface area contributed by atoms with Gasteiger partial charge in [0.25, 0.3) is 5.91 Å². The van der Waals surface area contributed by atoms with Crippen molar-refractivity contribution in [3.8, 4) is 11.5 Å². The highest BCUT2D eigenvalue weighted by atomic mass is 32.2. The molecule has 0 aliphatic carbocycles. The second kappa shape index (κ2) is 12.4. The summed E-state index contributed by atoms with van der Waals surface area (Å²) in [4.78, 5) is 18.6. The topological polar surface area (TPSA) is 127 Å². The largest absolute Gasteiger partial charge is 0.493 e. The van der Waals surface area contributed by atoms with Crippen LogP contribution in [0.4, 0.5) is 5.13 Å². The van der Waals surface area contributed by atoms with Gasteiger partial charge >= 0.3 is 0 Å². The quantitative estimate of drug-likeness (QED) is 0.456. The third-order valence-electron chi connectivity index (χ3n) is 5.57. The van der Waals surface area contributed by atoms with Crippen LogP contribution in [0, 0.1) is 0 Å². The van der Waals surface area contributed by atoms with E-state index in [1.165, 1.54) is 11.3 Å². The zero-order valence-corrected chi connectivity index (χ0v) is 21.5. The van der Waals surface area contributed by atoms with Crippen molar-refractivity contribution in [1.82, 2.24) is 4.98 Å². The van der Waals surface area contributed by atoms with Crippen LogP contribution >= 0.6 is 11.3 Å². The van der Waals surface area contributed by atoms with Gasteiger partial charge in [-0.25, -0.2) is 4.98 Å². The molecule has 3 N–H and O–H groups in total. The number of hydrogen-bond acceptors (Lipinski definition) is 8. The van der Waals surface area contributed by atoms with E-state index in [-0.39, 0.29) is 17.5 Å². The first-order chi connectivity index (χ1) is 16.5. The Balaban J connectivity index is 0.00000342. The van der Waals surface area contributed by atoms with E-state index < -0.39 is 16.9 Å². The van der Waals surface area contributed by atoms with Crippen molar-refractivity contribution in [1.29, 1.82) is 0 Å². The van der Waals surface area contributed by atoms with Crippen LogP contribution in [0.5, 0.6) is 11.5 Å². The van der Waals surface area contributed by atoms with Gasteiger partial charge in [-0.2, -0.15) is 0 Å². The average Bonchev–Trinajstić information content (AvgIpc) is 3.27. The zero-order chi connectivity index (χ0) is 24.1. The van der Waals surface area contributed by atoms with E-state index in [0.717, 1.165) is 22.4 Å². The third-order valence-corrected chi connectivity index (χ3v) is 7.82. The maximum absolute atomic E-state index is 13.4. The van der Waals surface area contributed by atoms with Gasteiger partial charge in [0.05, 0.1) is 41.3 Å². The summed E-state index contributed by atoms with van der Waals surface area (Å²) in [6.45, 7) is 3.08. The van der Waals surface area contributed by atoms with E-state index in [2.05, 4.69) is 10.3 Å². The van der Waals surface area contributed by atoms with Gasteiger partial charge in [0.1, 0.15) is 0 Å². The maximum Gasteiger partial charge on any atom is 0.259 e. The number of rotatable bonds is 9. The molecule has 1 amide bonds. The van der Waals surface area contributed by atoms with Crippen LogP contribution in [0.15, 0.2) is 41.3 Å². The highest BCUT2D eigenvalue weighted by Crippen LogP contribution is 2.36. The molecule has 35 heavy (non-hydrogen) atoms. The van der Waals surface area contributed by atoms with Gasteiger partial charge < -0.3 is 24.4 Å². The molecule has 2 unspecified atom stereocenters. The van der Waals surface area contributed by atoms with Crippen molar-refractivity contribution in [3.05, 3.63) is 42.0 Å². The lowest BCUT2D eigenvalue weighted by Gasteiger charge is -2.27. The number of methoxy groups -OCH3 is 2. The molecule has 2 aromatic carbocycles. The third kappa shape index (κ3) is 6.36. The number of nitrogens with one attached hydrogen (secondary N) is 1. The minimum absolute atomic E-state index is 0. The molecule has 190 valence electrons. The molecule has 0 spiro atoms. The predicted octanol–water partition coefficient (Wildman–Crippen LogP) is 3.49. The normalized spacial score (nSPS) is 15.7. The molecule has 11 heteroatoms. The van der Waals surface area contributed by atoms with Gasteiger partial charge in [0.15, 0.2) is 22.7 Å². The van der Waals surface area contributed by atoms with Crippen LogP contribution in [-0.4, -0.2) is 59.9 Å². The molecule has 0 bridgehead atoms. The first kappa shape index (κ1) is 27.0. The second-order valence-corrected chi connectivity index (χ2v) is 10.5. The molecule has 0 radical (unpaired) electrons. The fourth-order valence-corrected chi connectivity index (χ4v) is 5.39. The lowest BCUT2D eigenvalue weighted by molar-refractivity contribution is -0.136. The average molecular weight is 523 g/mol. The Bertz CT molecular complexity index is 1120. The van der Waals surface area contributed by atoms with Gasteiger partial charge in [-0.3, -0.25) is 14.3 Å². The molecule has 3 aromatic rings. The summed E-state index contributed by atoms with van der Waals surface area (Å²) in [5.74, 6) is 1.40. The standard InChI is InChI=1S/C24H28N2O6S2.H2O/c1-4-34(28)17-7-5-15(6-8-17)22(32-16-9-11-31-12-10-16)23(27)26-24-25-18-13-19(29-2)20(30-3)14-21(18)33-24;/h5-8,13-14,16,22H,4,9-12H2,1-3H3,(H,25,26,27);1H2. The lowest BCUT2D eigenvalue weighted by Crippen LogP contribution is -2.31. The minimum Gasteiger partial charge on any atom is -0.493 e. The number of thiazole rings is 1. The van der Waals surface area contributed by atoms with E-state index in [0.29, 0.717) is 46.7 Å². The summed E-state index contributed by atoms with van der Waals surface area (Å²) in [6.07, 6.45) is 0.534. The number of anilines is 1. The molecule has 1 aromatic heterocycles. The van der Waals surface area contributed by atoms with Crippen LogP contribution in [0.25, 0.3) is 10.2 Å². The Labute approximate surface area is 210 Å². The number of nitrogens with zero attached hydrogens (tertiary/aromatic N) is 1. The Morgan fingerprint density at radius 1 is 1.17 bits per heavy atom. The van der Waals surface area contributed by atoms with Gasteiger partial charge in [-0.15, -0.1) is 0 Å². The van der Waals surface area contributed by atoms with Crippen molar-refractivity contribution in [2.75, 3.05) is 38.5 Å². The summed E-state index contributed by atoms with van der Waals surface area (Å²) < 4.78 is 35.4. The molecular formula is C24H30N2O7S2. The first-order valence-electron chi connectivity index (χ1n) is 11.1. The van der Waals surface area contributed by atoms with Crippen molar-refractivity contribution >= 4 is 43.4 Å². The Morgan fingerprint density at radius 3 is 2.46 bits per heavy atom. The smallest absolute Gasteiger partial charge is 0.259 e. The van der Waals surface area contributed by atoms with Crippen LogP contribution in [0.1, 0.15) is 31.4 Å². The number of ether oxygens (including phenoxy) is 4. The Hall–Kier alpha value is -2.57. The molecule has 4 rings (SSSR count). The number of carbonyl (C=O) groups excluding carboxylic acids is 1. The van der Waals surface area contributed by atoms with Crippen LogP contribution in [0.3, 0.4) is 0 Å². The van der Waals surface area contributed by atoms with E-state index in [4.69, 9.17) is 18.9 Å². The van der Waals surface area contributed by atoms with E-state index in [1.54, 1.807) is 44.6 Å². The molecule has 1 fully saturated rings. The van der Waals surface area contributed by atoms with Crippen molar-refractivity contribution in [3.63, 3.8) is 0 Å². The van der Waals surface area contributed by atoms with Crippen molar-refractivity contribution < 1.29 is 33.4 Å². The Kier molecular flexibility index (Phi) is 9.58. The van der Waals surface area contributed by atoms with E-state index in [9.17, 15) is 9.00 Å². The highest BCUT2D eigenvalue weighted by molar-refractivity contribution is 7.85. The summed E-state index contributed by atoms with van der Waals surface area (Å²) in [7, 11) is 2.08. The highest BCUT2D eigenvalue weighted by Gasteiger charge is 2.28. The molecule has 2 heterocycles. The monoisotopic (exact) mass is 522 g/mol. The molecule has 1 saturated heterocycles. The summed E-state index contributed by atoms with van der Waals surface area (Å²) >= 11 is 1.35. The van der Waals surface area contributed by atoms with Crippen LogP contribution in [-0.2, 0) is 25.1 Å². The van der Waals surface area contributed by atoms with Crippen LogP contribution in [0.2, 0.25) is 0 Å². The zero-order valence-electron chi connectivity index (χ0n) is 19.9. The minimum atomic E-state index is -1.06. The fraction of sp³-hybridized carbons (Fsp3) is 0.417. The maximum atomic E-state index is 13.4. The number of carbonyl (C=O) groups is 1. The summed E-state index contributed by atoms with van der Waals surface area (Å²) in [6, 6.07) is 10.8. The van der Waals surface area contributed by atoms with E-state index in [1.807, 2.05) is 13.0 Å². The van der Waals surface area contributed by atoms with E-state index >= 15 is 0 Å². The molecule has 1 aliphatic rings. The molecular weight excluding hydrogens is 492 g/mol. The SMILES string of the molecule is CCS(=O)c1ccc(C(OC2CCOCC2)C(=O)Nc2nc3cc(OC)c(OC)cc3s2)cc1.O. The summed E-state index contributed by atoms with van der Waals surface area (Å²) in [5.41, 5.74) is 1.40. The van der Waals surface area contributed by atoms with Crippen molar-refractivity contribution in [2.45, 2.75) is 36.9 Å². The number of benzene rings is 2. The van der Waals surface area contributed by atoms with Crippen molar-refractivity contribution in [2.24, 2.45) is 0 Å². The molecule has 0 saturated carbocycles. The van der Waals surface area contributed by atoms with Gasteiger partial charge in [-0.05, 0) is 30.5 Å². The number of aromatic nitrogens is 1. The number of hydrogen-bond donors (Lipinski definition) is 1. The molecule has 1 aliphatic heterocycles. The Morgan fingerprint density at radius 2 is 1.83 bits per heavy atom. The van der Waals surface area contributed by atoms with Gasteiger partial charge in [0.2, 0.25) is 0 Å². The summed E-state index contributed by atoms with van der Waals surface area (Å²) in [5, 5.41) is 3.37. The lowest BCUT2D eigenvalue weighted by atomic mass is 10.1. The fourth-order valence-electron chi connectivity index (χ4n) is 3.74. The molecule has 9 nitrogen and oxygen atoms in total.